The van der Waals surface area contributed by atoms with Gasteiger partial charge in [-0.15, -0.1) is 0 Å². The smallest absolute Gasteiger partial charge is 0.273 e. The standard InChI is InChI=1S/C32H39ClN4O7S/c1-7-26(31(39)34-32(3,4)5)35(18-17-23-11-9-8-10-12-23)30(38)21-36(28-19-24(33)14-16-29(28)44-6)45(42,43)25-15-13-22(2)27(20-25)37(40)41/h8-16,19-20,26H,7,17-18,21H2,1-6H3,(H,34,39). The number of nitro benzene ring substituents is 1. The number of ether oxygens (including phenoxy) is 1. The van der Waals surface area contributed by atoms with Crippen molar-refractivity contribution in [2.24, 2.45) is 0 Å². The van der Waals surface area contributed by atoms with Gasteiger partial charge in [-0.1, -0.05) is 54.9 Å². The molecule has 0 bridgehead atoms. The number of benzene rings is 3. The van der Waals surface area contributed by atoms with E-state index in [-0.39, 0.29) is 40.9 Å². The largest absolute Gasteiger partial charge is 0.495 e. The zero-order valence-electron chi connectivity index (χ0n) is 26.2. The van der Waals surface area contributed by atoms with Crippen molar-refractivity contribution in [1.82, 2.24) is 10.2 Å². The molecule has 0 saturated heterocycles. The summed E-state index contributed by atoms with van der Waals surface area (Å²) in [6.07, 6.45) is 0.670. The first kappa shape index (κ1) is 35.3. The lowest BCUT2D eigenvalue weighted by Crippen LogP contribution is -2.56. The van der Waals surface area contributed by atoms with Crippen molar-refractivity contribution >= 4 is 44.8 Å². The molecule has 0 heterocycles. The Hall–Kier alpha value is -4.16. The number of hydrogen-bond acceptors (Lipinski definition) is 7. The van der Waals surface area contributed by atoms with Crippen LogP contribution in [0, 0.1) is 17.0 Å². The van der Waals surface area contributed by atoms with Crippen LogP contribution < -0.4 is 14.4 Å². The van der Waals surface area contributed by atoms with Gasteiger partial charge in [0.15, 0.2) is 0 Å². The van der Waals surface area contributed by atoms with Gasteiger partial charge < -0.3 is 15.0 Å². The van der Waals surface area contributed by atoms with E-state index >= 15 is 0 Å². The average molecular weight is 659 g/mol. The van der Waals surface area contributed by atoms with Crippen LogP contribution in [0.15, 0.2) is 71.6 Å². The molecule has 13 heteroatoms. The van der Waals surface area contributed by atoms with E-state index in [0.29, 0.717) is 6.42 Å². The zero-order valence-corrected chi connectivity index (χ0v) is 27.8. The molecule has 3 rings (SSSR count). The highest BCUT2D eigenvalue weighted by Gasteiger charge is 2.36. The van der Waals surface area contributed by atoms with Gasteiger partial charge in [-0.3, -0.25) is 24.0 Å². The molecule has 0 saturated carbocycles. The molecule has 3 aromatic carbocycles. The van der Waals surface area contributed by atoms with Crippen molar-refractivity contribution in [2.45, 2.75) is 63.9 Å². The Morgan fingerprint density at radius 2 is 1.73 bits per heavy atom. The van der Waals surface area contributed by atoms with Crippen LogP contribution in [0.4, 0.5) is 11.4 Å². The Morgan fingerprint density at radius 1 is 1.07 bits per heavy atom. The molecule has 1 unspecified atom stereocenters. The molecule has 242 valence electrons. The molecule has 45 heavy (non-hydrogen) atoms. The SMILES string of the molecule is CCC(C(=O)NC(C)(C)C)N(CCc1ccccc1)C(=O)CN(c1cc(Cl)ccc1OC)S(=O)(=O)c1ccc(C)c([N+](=O)[O-])c1. The van der Waals surface area contributed by atoms with E-state index in [4.69, 9.17) is 16.3 Å². The maximum atomic E-state index is 14.3. The Bertz CT molecular complexity index is 1640. The fourth-order valence-corrected chi connectivity index (χ4v) is 6.40. The van der Waals surface area contributed by atoms with Gasteiger partial charge in [0.25, 0.3) is 15.7 Å². The molecular weight excluding hydrogens is 620 g/mol. The Kier molecular flexibility index (Phi) is 11.6. The predicted molar refractivity (Wildman–Crippen MR) is 174 cm³/mol. The minimum Gasteiger partial charge on any atom is -0.495 e. The highest BCUT2D eigenvalue weighted by molar-refractivity contribution is 7.92. The maximum Gasteiger partial charge on any atom is 0.273 e. The van der Waals surface area contributed by atoms with Crippen LogP contribution in [0.2, 0.25) is 5.02 Å². The number of nitro groups is 1. The van der Waals surface area contributed by atoms with Gasteiger partial charge in [-0.05, 0) is 70.4 Å². The minimum absolute atomic E-state index is 0.0446. The normalized spacial score (nSPS) is 12.2. The number of nitrogens with zero attached hydrogens (tertiary/aromatic N) is 3. The molecular formula is C32H39ClN4O7S. The summed E-state index contributed by atoms with van der Waals surface area (Å²) in [5.41, 5.74) is 0.174. The summed E-state index contributed by atoms with van der Waals surface area (Å²) in [6, 6.07) is 16.3. The highest BCUT2D eigenvalue weighted by Crippen LogP contribution is 2.36. The summed E-state index contributed by atoms with van der Waals surface area (Å²) >= 11 is 6.28. The number of amides is 2. The highest BCUT2D eigenvalue weighted by atomic mass is 35.5. The van der Waals surface area contributed by atoms with Crippen LogP contribution >= 0.6 is 11.6 Å². The van der Waals surface area contributed by atoms with Crippen molar-refractivity contribution in [1.29, 1.82) is 0 Å². The van der Waals surface area contributed by atoms with Gasteiger partial charge in [0.05, 0.1) is 22.6 Å². The molecule has 0 fully saturated rings. The molecule has 0 aliphatic carbocycles. The van der Waals surface area contributed by atoms with Crippen molar-refractivity contribution in [3.05, 3.63) is 93.0 Å². The van der Waals surface area contributed by atoms with Crippen molar-refractivity contribution in [2.75, 3.05) is 24.5 Å². The second-order valence-electron chi connectivity index (χ2n) is 11.5. The van der Waals surface area contributed by atoms with E-state index in [9.17, 15) is 28.1 Å². The van der Waals surface area contributed by atoms with Crippen molar-refractivity contribution in [3.63, 3.8) is 0 Å². The summed E-state index contributed by atoms with van der Waals surface area (Å²) < 4.78 is 34.8. The van der Waals surface area contributed by atoms with E-state index < -0.39 is 49.6 Å². The van der Waals surface area contributed by atoms with Crippen LogP contribution in [-0.2, 0) is 26.0 Å². The second-order valence-corrected chi connectivity index (χ2v) is 13.8. The Morgan fingerprint density at radius 3 is 2.31 bits per heavy atom. The summed E-state index contributed by atoms with van der Waals surface area (Å²) in [6.45, 7) is 8.13. The number of nitrogens with one attached hydrogen (secondary N) is 1. The molecule has 3 aromatic rings. The molecule has 1 N–H and O–H groups in total. The van der Waals surface area contributed by atoms with E-state index in [1.54, 1.807) is 6.92 Å². The van der Waals surface area contributed by atoms with E-state index in [0.717, 1.165) is 15.9 Å². The Labute approximate surface area is 269 Å². The summed E-state index contributed by atoms with van der Waals surface area (Å²) in [4.78, 5) is 39.7. The summed E-state index contributed by atoms with van der Waals surface area (Å²) in [7, 11) is -3.27. The van der Waals surface area contributed by atoms with Crippen LogP contribution in [0.1, 0.15) is 45.2 Å². The van der Waals surface area contributed by atoms with Crippen molar-refractivity contribution in [3.8, 4) is 5.75 Å². The van der Waals surface area contributed by atoms with Gasteiger partial charge in [0.2, 0.25) is 11.8 Å². The lowest BCUT2D eigenvalue weighted by molar-refractivity contribution is -0.385. The fourth-order valence-electron chi connectivity index (χ4n) is 4.79. The molecule has 2 amide bonds. The van der Waals surface area contributed by atoms with E-state index in [2.05, 4.69) is 5.32 Å². The lowest BCUT2D eigenvalue weighted by atomic mass is 10.1. The number of carbonyl (C=O) groups is 2. The van der Waals surface area contributed by atoms with Gasteiger partial charge in [-0.25, -0.2) is 8.42 Å². The second kappa shape index (κ2) is 14.7. The molecule has 0 radical (unpaired) electrons. The van der Waals surface area contributed by atoms with E-state index in [1.165, 1.54) is 49.3 Å². The molecule has 0 aliphatic heterocycles. The first-order valence-electron chi connectivity index (χ1n) is 14.4. The van der Waals surface area contributed by atoms with Gasteiger partial charge in [-0.2, -0.15) is 0 Å². The maximum absolute atomic E-state index is 14.3. The van der Waals surface area contributed by atoms with Crippen LogP contribution in [0.25, 0.3) is 0 Å². The first-order valence-corrected chi connectivity index (χ1v) is 16.2. The summed E-state index contributed by atoms with van der Waals surface area (Å²) in [5, 5.41) is 14.8. The third kappa shape index (κ3) is 8.95. The predicted octanol–water partition coefficient (Wildman–Crippen LogP) is 5.53. The number of hydrogen-bond donors (Lipinski definition) is 1. The third-order valence-corrected chi connectivity index (χ3v) is 9.01. The molecule has 0 aromatic heterocycles. The molecule has 11 nitrogen and oxygen atoms in total. The van der Waals surface area contributed by atoms with Gasteiger partial charge in [0.1, 0.15) is 18.3 Å². The lowest BCUT2D eigenvalue weighted by Gasteiger charge is -2.35. The monoisotopic (exact) mass is 658 g/mol. The quantitative estimate of drug-likeness (QED) is 0.188. The van der Waals surface area contributed by atoms with Crippen LogP contribution in [-0.4, -0.2) is 61.8 Å². The Balaban J connectivity index is 2.15. The molecule has 0 aliphatic rings. The number of carbonyl (C=O) groups excluding carboxylic acids is 2. The van der Waals surface area contributed by atoms with Crippen molar-refractivity contribution < 1.29 is 27.7 Å². The van der Waals surface area contributed by atoms with Gasteiger partial charge >= 0.3 is 0 Å². The van der Waals surface area contributed by atoms with Crippen LogP contribution in [0.5, 0.6) is 5.75 Å². The average Bonchev–Trinajstić information content (AvgIpc) is 2.97. The number of sulfonamides is 1. The van der Waals surface area contributed by atoms with E-state index in [1.807, 2.05) is 51.1 Å². The number of aryl methyl sites for hydroxylation is 1. The number of anilines is 1. The first-order chi connectivity index (χ1) is 21.1. The fraction of sp³-hybridized carbons (Fsp3) is 0.375. The summed E-state index contributed by atoms with van der Waals surface area (Å²) in [5.74, 6) is -0.935. The van der Waals surface area contributed by atoms with Gasteiger partial charge in [0, 0.05) is 28.7 Å². The zero-order chi connectivity index (χ0) is 33.5. The molecule has 1 atom stereocenters. The minimum atomic E-state index is -4.61. The molecule has 0 spiro atoms. The topological polar surface area (TPSA) is 139 Å². The number of rotatable bonds is 13. The number of halogens is 1. The van der Waals surface area contributed by atoms with Crippen LogP contribution in [0.3, 0.4) is 0 Å². The third-order valence-electron chi connectivity index (χ3n) is 7.02. The number of methoxy groups -OCH3 is 1.